The van der Waals surface area contributed by atoms with E-state index in [2.05, 4.69) is 118 Å². The summed E-state index contributed by atoms with van der Waals surface area (Å²) in [7, 11) is 0. The maximum atomic E-state index is 14.7. The Hall–Kier alpha value is -4.75. The molecule has 0 bridgehead atoms. The van der Waals surface area contributed by atoms with E-state index in [1.165, 1.54) is 95.9 Å². The van der Waals surface area contributed by atoms with Crippen LogP contribution in [0.15, 0.2) is 140 Å². The molecule has 2 saturated carbocycles. The standard InChI is InChI=1S/C26H27F.C26H28/c1-18-3-7-20(8-4-18)21-11-13-22(14-12-21)24-15-16-25(26(27)17-24)23-9-5-19(2)6-10-23;1-19-3-7-21(8-4-19)23-11-15-25(16-12-23)26-17-13-24(14-18-26)22-9-5-20(2)6-10-22/h5-6,9-18,20H,3-4,7-8H2,1-2H3;3-4,7-8,11-18,20,22H,5-6,9-10H2,1-2H3. The van der Waals surface area contributed by atoms with Crippen LogP contribution in [0, 0.1) is 31.5 Å². The molecule has 1 heteroatoms. The Bertz CT molecular complexity index is 2040. The lowest BCUT2D eigenvalue weighted by Gasteiger charge is -2.26. The van der Waals surface area contributed by atoms with Gasteiger partial charge in [-0.05, 0) is 119 Å². The minimum absolute atomic E-state index is 0.165. The van der Waals surface area contributed by atoms with Crippen LogP contribution in [-0.4, -0.2) is 0 Å². The van der Waals surface area contributed by atoms with E-state index in [0.717, 1.165) is 34.4 Å². The van der Waals surface area contributed by atoms with Crippen LogP contribution >= 0.6 is 0 Å². The minimum atomic E-state index is -0.165. The zero-order valence-electron chi connectivity index (χ0n) is 32.1. The van der Waals surface area contributed by atoms with Gasteiger partial charge in [-0.1, -0.05) is 184 Å². The third kappa shape index (κ3) is 9.25. The fourth-order valence-electron chi connectivity index (χ4n) is 8.35. The molecule has 8 rings (SSSR count). The molecule has 0 spiro atoms. The van der Waals surface area contributed by atoms with Crippen molar-refractivity contribution in [3.05, 3.63) is 168 Å². The van der Waals surface area contributed by atoms with Crippen molar-refractivity contribution in [2.24, 2.45) is 11.8 Å². The van der Waals surface area contributed by atoms with Gasteiger partial charge >= 0.3 is 0 Å². The van der Waals surface area contributed by atoms with E-state index >= 15 is 0 Å². The van der Waals surface area contributed by atoms with Crippen molar-refractivity contribution in [3.63, 3.8) is 0 Å². The van der Waals surface area contributed by atoms with E-state index in [1.807, 2.05) is 43.3 Å². The fraction of sp³-hybridized carbons (Fsp3) is 0.308. The Morgan fingerprint density at radius 3 is 1.04 bits per heavy atom. The van der Waals surface area contributed by atoms with Gasteiger partial charge in [0.2, 0.25) is 0 Å². The predicted octanol–water partition coefficient (Wildman–Crippen LogP) is 15.4. The maximum absolute atomic E-state index is 14.7. The Morgan fingerprint density at radius 1 is 0.358 bits per heavy atom. The molecule has 0 aliphatic heterocycles. The van der Waals surface area contributed by atoms with Crippen LogP contribution < -0.4 is 0 Å². The summed E-state index contributed by atoms with van der Waals surface area (Å²) in [5.74, 6) is 3.08. The summed E-state index contributed by atoms with van der Waals surface area (Å²) in [4.78, 5) is 0. The van der Waals surface area contributed by atoms with Crippen molar-refractivity contribution in [1.82, 2.24) is 0 Å². The lowest BCUT2D eigenvalue weighted by atomic mass is 9.79. The highest BCUT2D eigenvalue weighted by Gasteiger charge is 2.21. The van der Waals surface area contributed by atoms with Crippen molar-refractivity contribution in [3.8, 4) is 44.5 Å². The number of hydrogen-bond donors (Lipinski definition) is 0. The monoisotopic (exact) mass is 698 g/mol. The van der Waals surface area contributed by atoms with E-state index in [0.29, 0.717) is 11.5 Å². The first kappa shape index (κ1) is 36.6. The second-order valence-corrected chi connectivity index (χ2v) is 16.2. The SMILES string of the molecule is Cc1ccc(-c2ccc(-c3ccc(C4CCC(C)CC4)cc3)cc2)cc1.Cc1ccc(-c2ccc(-c3ccc(C4CCC(C)CC4)cc3)cc2F)cc1. The Kier molecular flexibility index (Phi) is 11.7. The topological polar surface area (TPSA) is 0 Å². The van der Waals surface area contributed by atoms with Crippen molar-refractivity contribution < 1.29 is 4.39 Å². The number of halogens is 1. The Balaban J connectivity index is 0.000000164. The summed E-state index contributed by atoms with van der Waals surface area (Å²) in [5.41, 5.74) is 14.2. The lowest BCUT2D eigenvalue weighted by Crippen LogP contribution is -2.10. The molecule has 270 valence electrons. The molecular weight excluding hydrogens is 644 g/mol. The number of benzene rings is 6. The fourth-order valence-corrected chi connectivity index (χ4v) is 8.35. The maximum Gasteiger partial charge on any atom is 0.131 e. The summed E-state index contributed by atoms with van der Waals surface area (Å²) in [6.07, 6.45) is 10.7. The Labute approximate surface area is 318 Å². The summed E-state index contributed by atoms with van der Waals surface area (Å²) in [5, 5.41) is 0. The molecular formula is C52H55F. The second-order valence-electron chi connectivity index (χ2n) is 16.2. The van der Waals surface area contributed by atoms with Gasteiger partial charge in [0.25, 0.3) is 0 Å². The molecule has 0 aromatic heterocycles. The van der Waals surface area contributed by atoms with Crippen LogP contribution in [0.25, 0.3) is 44.5 Å². The third-order valence-electron chi connectivity index (χ3n) is 12.1. The summed E-state index contributed by atoms with van der Waals surface area (Å²) < 4.78 is 14.7. The highest BCUT2D eigenvalue weighted by molar-refractivity contribution is 5.72. The van der Waals surface area contributed by atoms with Gasteiger partial charge < -0.3 is 0 Å². The number of hydrogen-bond acceptors (Lipinski definition) is 0. The van der Waals surface area contributed by atoms with Crippen molar-refractivity contribution >= 4 is 0 Å². The number of aryl methyl sites for hydroxylation is 2. The largest absolute Gasteiger partial charge is 0.206 e. The zero-order valence-corrected chi connectivity index (χ0v) is 32.1. The summed E-state index contributed by atoms with van der Waals surface area (Å²) in [6.45, 7) is 8.92. The van der Waals surface area contributed by atoms with Gasteiger partial charge in [0.15, 0.2) is 0 Å². The van der Waals surface area contributed by atoms with Gasteiger partial charge in [0.1, 0.15) is 5.82 Å². The summed E-state index contributed by atoms with van der Waals surface area (Å²) >= 11 is 0. The van der Waals surface area contributed by atoms with E-state index in [9.17, 15) is 4.39 Å². The van der Waals surface area contributed by atoms with E-state index in [1.54, 1.807) is 6.07 Å². The highest BCUT2D eigenvalue weighted by Crippen LogP contribution is 2.38. The van der Waals surface area contributed by atoms with Crippen LogP contribution in [0.4, 0.5) is 4.39 Å². The van der Waals surface area contributed by atoms with Gasteiger partial charge in [0.05, 0.1) is 0 Å². The first-order valence-electron chi connectivity index (χ1n) is 20.0. The normalized spacial score (nSPS) is 19.9. The molecule has 2 aliphatic carbocycles. The van der Waals surface area contributed by atoms with Crippen LogP contribution in [0.3, 0.4) is 0 Å². The van der Waals surface area contributed by atoms with E-state index < -0.39 is 0 Å². The summed E-state index contributed by atoms with van der Waals surface area (Å²) in [6, 6.07) is 49.3. The molecule has 2 fully saturated rings. The average molecular weight is 699 g/mol. The number of rotatable bonds is 6. The highest BCUT2D eigenvalue weighted by atomic mass is 19.1. The zero-order chi connectivity index (χ0) is 36.7. The average Bonchev–Trinajstić information content (AvgIpc) is 3.20. The van der Waals surface area contributed by atoms with Crippen molar-refractivity contribution in [1.29, 1.82) is 0 Å². The molecule has 0 N–H and O–H groups in total. The molecule has 0 amide bonds. The van der Waals surface area contributed by atoms with Gasteiger partial charge in [-0.25, -0.2) is 4.39 Å². The van der Waals surface area contributed by atoms with Crippen LogP contribution in [0.5, 0.6) is 0 Å². The predicted molar refractivity (Wildman–Crippen MR) is 225 cm³/mol. The smallest absolute Gasteiger partial charge is 0.131 e. The molecule has 0 saturated heterocycles. The molecule has 6 aromatic rings. The molecule has 0 atom stereocenters. The van der Waals surface area contributed by atoms with E-state index in [4.69, 9.17) is 0 Å². The lowest BCUT2D eigenvalue weighted by molar-refractivity contribution is 0.348. The van der Waals surface area contributed by atoms with Crippen LogP contribution in [0.2, 0.25) is 0 Å². The van der Waals surface area contributed by atoms with Gasteiger partial charge in [-0.15, -0.1) is 0 Å². The first-order chi connectivity index (χ1) is 25.8. The van der Waals surface area contributed by atoms with Crippen molar-refractivity contribution in [2.75, 3.05) is 0 Å². The van der Waals surface area contributed by atoms with Crippen molar-refractivity contribution in [2.45, 2.75) is 90.9 Å². The Morgan fingerprint density at radius 2 is 0.660 bits per heavy atom. The van der Waals surface area contributed by atoms with Gasteiger partial charge in [0, 0.05) is 5.56 Å². The molecule has 53 heavy (non-hydrogen) atoms. The van der Waals surface area contributed by atoms with Gasteiger partial charge in [-0.2, -0.15) is 0 Å². The molecule has 0 nitrogen and oxygen atoms in total. The second kappa shape index (κ2) is 16.9. The first-order valence-corrected chi connectivity index (χ1v) is 20.0. The van der Waals surface area contributed by atoms with E-state index in [-0.39, 0.29) is 5.82 Å². The minimum Gasteiger partial charge on any atom is -0.206 e. The molecule has 2 aliphatic rings. The van der Waals surface area contributed by atoms with Gasteiger partial charge in [-0.3, -0.25) is 0 Å². The quantitative estimate of drug-likeness (QED) is 0.162. The van der Waals surface area contributed by atoms with Crippen LogP contribution in [-0.2, 0) is 0 Å². The molecule has 0 heterocycles. The molecule has 0 unspecified atom stereocenters. The third-order valence-corrected chi connectivity index (χ3v) is 12.1. The van der Waals surface area contributed by atoms with Crippen LogP contribution in [0.1, 0.15) is 99.3 Å². The molecule has 6 aromatic carbocycles. The molecule has 0 radical (unpaired) electrons.